The van der Waals surface area contributed by atoms with Gasteiger partial charge in [0.25, 0.3) is 0 Å². The van der Waals surface area contributed by atoms with Gasteiger partial charge < -0.3 is 19.3 Å². The highest BCUT2D eigenvalue weighted by Crippen LogP contribution is 2.66. The van der Waals surface area contributed by atoms with E-state index < -0.39 is 17.6 Å². The van der Waals surface area contributed by atoms with Crippen LogP contribution in [-0.2, 0) is 14.9 Å². The van der Waals surface area contributed by atoms with E-state index in [9.17, 15) is 9.90 Å². The summed E-state index contributed by atoms with van der Waals surface area (Å²) in [6.07, 6.45) is 1.21. The zero-order valence-corrected chi connectivity index (χ0v) is 17.1. The van der Waals surface area contributed by atoms with E-state index in [1.807, 2.05) is 0 Å². The van der Waals surface area contributed by atoms with Crippen LogP contribution in [0.1, 0.15) is 75.7 Å². The third kappa shape index (κ3) is 2.18. The molecule has 27 heavy (non-hydrogen) atoms. The molecule has 1 aromatic carbocycles. The minimum absolute atomic E-state index is 0.165. The largest absolute Gasteiger partial charge is 0.493 e. The molecule has 0 aromatic heterocycles. The SMILES string of the molecule is COc1c(C(C)C)cc2c(c1OC)C13CCCC(C)(C)C1C(O)C2OC3=O. The van der Waals surface area contributed by atoms with Crippen LogP contribution in [0.4, 0.5) is 0 Å². The van der Waals surface area contributed by atoms with Crippen LogP contribution in [0.5, 0.6) is 11.5 Å². The third-order valence-electron chi connectivity index (χ3n) is 7.09. The second kappa shape index (κ2) is 5.87. The van der Waals surface area contributed by atoms with Gasteiger partial charge in [-0.1, -0.05) is 34.1 Å². The van der Waals surface area contributed by atoms with Crippen molar-refractivity contribution in [3.05, 3.63) is 22.8 Å². The van der Waals surface area contributed by atoms with Crippen molar-refractivity contribution in [2.75, 3.05) is 14.2 Å². The highest BCUT2D eigenvalue weighted by atomic mass is 16.6. The van der Waals surface area contributed by atoms with E-state index in [4.69, 9.17) is 14.2 Å². The van der Waals surface area contributed by atoms with Crippen molar-refractivity contribution in [1.82, 2.24) is 0 Å². The van der Waals surface area contributed by atoms with Gasteiger partial charge in [-0.15, -0.1) is 0 Å². The molecule has 1 N–H and O–H groups in total. The lowest BCUT2D eigenvalue weighted by Crippen LogP contribution is -2.65. The normalized spacial score (nSPS) is 33.3. The van der Waals surface area contributed by atoms with Crippen LogP contribution >= 0.6 is 0 Å². The van der Waals surface area contributed by atoms with Crippen LogP contribution in [0.15, 0.2) is 6.07 Å². The maximum atomic E-state index is 13.3. The summed E-state index contributed by atoms with van der Waals surface area (Å²) in [5.41, 5.74) is 1.74. The number of carbonyl (C=O) groups is 1. The average molecular weight is 374 g/mol. The van der Waals surface area contributed by atoms with Gasteiger partial charge in [-0.05, 0) is 30.2 Å². The van der Waals surface area contributed by atoms with Crippen molar-refractivity contribution >= 4 is 5.97 Å². The highest BCUT2D eigenvalue weighted by molar-refractivity contribution is 5.90. The molecular formula is C22H30O5. The maximum absolute atomic E-state index is 13.3. The van der Waals surface area contributed by atoms with Gasteiger partial charge in [0.05, 0.1) is 20.3 Å². The first kappa shape index (κ1) is 18.6. The molecule has 2 aliphatic carbocycles. The summed E-state index contributed by atoms with van der Waals surface area (Å²) < 4.78 is 17.4. The molecule has 148 valence electrons. The average Bonchev–Trinajstić information content (AvgIpc) is 2.61. The number of ether oxygens (including phenoxy) is 3. The fourth-order valence-electron chi connectivity index (χ4n) is 6.08. The first-order chi connectivity index (χ1) is 12.7. The number of esters is 1. The number of hydrogen-bond donors (Lipinski definition) is 1. The molecule has 2 aliphatic heterocycles. The molecule has 2 heterocycles. The molecule has 5 heteroatoms. The predicted octanol–water partition coefficient (Wildman–Crippen LogP) is 3.86. The Kier molecular flexibility index (Phi) is 4.05. The molecule has 2 bridgehead atoms. The fraction of sp³-hybridized carbons (Fsp3) is 0.682. The molecule has 5 rings (SSSR count). The molecule has 5 nitrogen and oxygen atoms in total. The van der Waals surface area contributed by atoms with Crippen molar-refractivity contribution in [3.63, 3.8) is 0 Å². The van der Waals surface area contributed by atoms with Gasteiger partial charge in [0, 0.05) is 22.6 Å². The summed E-state index contributed by atoms with van der Waals surface area (Å²) in [5.74, 6) is 1.12. The van der Waals surface area contributed by atoms with Crippen molar-refractivity contribution < 1.29 is 24.1 Å². The molecule has 1 aromatic rings. The first-order valence-electron chi connectivity index (χ1n) is 9.89. The summed E-state index contributed by atoms with van der Waals surface area (Å²) >= 11 is 0. The van der Waals surface area contributed by atoms with E-state index in [1.54, 1.807) is 14.2 Å². The van der Waals surface area contributed by atoms with Crippen LogP contribution in [0.2, 0.25) is 0 Å². The lowest BCUT2D eigenvalue weighted by Gasteiger charge is -2.60. The second-order valence-corrected chi connectivity index (χ2v) is 9.26. The van der Waals surface area contributed by atoms with E-state index in [-0.39, 0.29) is 23.2 Å². The smallest absolute Gasteiger partial charge is 0.317 e. The molecule has 4 atom stereocenters. The van der Waals surface area contributed by atoms with Gasteiger partial charge in [-0.25, -0.2) is 0 Å². The number of fused-ring (bicyclic) bond motifs is 1. The van der Waals surface area contributed by atoms with Crippen LogP contribution in [0, 0.1) is 11.3 Å². The third-order valence-corrected chi connectivity index (χ3v) is 7.09. The van der Waals surface area contributed by atoms with E-state index in [2.05, 4.69) is 33.8 Å². The first-order valence-corrected chi connectivity index (χ1v) is 9.89. The summed E-state index contributed by atoms with van der Waals surface area (Å²) in [6, 6.07) is 2.06. The van der Waals surface area contributed by atoms with E-state index in [0.717, 1.165) is 29.5 Å². The molecule has 4 aliphatic rings. The Balaban J connectivity index is 2.09. The van der Waals surface area contributed by atoms with Crippen molar-refractivity contribution in [2.45, 2.75) is 70.5 Å². The highest BCUT2D eigenvalue weighted by Gasteiger charge is 2.68. The number of methoxy groups -OCH3 is 2. The van der Waals surface area contributed by atoms with E-state index in [1.165, 1.54) is 0 Å². The molecule has 2 fully saturated rings. The summed E-state index contributed by atoms with van der Waals surface area (Å²) in [5, 5.41) is 11.3. The maximum Gasteiger partial charge on any atom is 0.317 e. The van der Waals surface area contributed by atoms with Crippen LogP contribution in [-0.4, -0.2) is 31.4 Å². The Morgan fingerprint density at radius 3 is 2.44 bits per heavy atom. The number of hydrogen-bond acceptors (Lipinski definition) is 5. The van der Waals surface area contributed by atoms with Gasteiger partial charge in [-0.3, -0.25) is 4.79 Å². The minimum Gasteiger partial charge on any atom is -0.493 e. The van der Waals surface area contributed by atoms with Gasteiger partial charge >= 0.3 is 5.97 Å². The Morgan fingerprint density at radius 2 is 1.85 bits per heavy atom. The van der Waals surface area contributed by atoms with Gasteiger partial charge in [0.15, 0.2) is 17.6 Å². The Labute approximate surface area is 161 Å². The minimum atomic E-state index is -0.876. The Bertz CT molecular complexity index is 796. The van der Waals surface area contributed by atoms with E-state index >= 15 is 0 Å². The van der Waals surface area contributed by atoms with Gasteiger partial charge in [-0.2, -0.15) is 0 Å². The van der Waals surface area contributed by atoms with Crippen LogP contribution in [0.3, 0.4) is 0 Å². The van der Waals surface area contributed by atoms with Crippen molar-refractivity contribution in [2.24, 2.45) is 11.3 Å². The van der Waals surface area contributed by atoms with Crippen molar-refractivity contribution in [1.29, 1.82) is 0 Å². The zero-order valence-electron chi connectivity index (χ0n) is 17.1. The monoisotopic (exact) mass is 374 g/mol. The molecule has 0 amide bonds. The molecule has 1 spiro atoms. The standard InChI is InChI=1S/C22H30O5/c1-11(2)12-10-13-14(18(26-6)17(12)25-5)22-9-7-8-21(3,4)19(22)15(23)16(13)27-20(22)24/h10-11,15-16,19,23H,7-9H2,1-6H3. The summed E-state index contributed by atoms with van der Waals surface area (Å²) in [4.78, 5) is 13.3. The molecular weight excluding hydrogens is 344 g/mol. The number of rotatable bonds is 3. The fourth-order valence-corrected chi connectivity index (χ4v) is 6.08. The van der Waals surface area contributed by atoms with Gasteiger partial charge in [0.2, 0.25) is 0 Å². The quantitative estimate of drug-likeness (QED) is 0.814. The topological polar surface area (TPSA) is 65.0 Å². The predicted molar refractivity (Wildman–Crippen MR) is 101 cm³/mol. The number of aliphatic hydroxyl groups excluding tert-OH is 1. The zero-order chi connectivity index (χ0) is 19.7. The second-order valence-electron chi connectivity index (χ2n) is 9.26. The molecule has 1 saturated heterocycles. The van der Waals surface area contributed by atoms with Crippen molar-refractivity contribution in [3.8, 4) is 11.5 Å². The summed E-state index contributed by atoms with van der Waals surface area (Å²) in [7, 11) is 3.27. The lowest BCUT2D eigenvalue weighted by atomic mass is 9.46. The molecule has 4 unspecified atom stereocenters. The number of benzene rings is 1. The van der Waals surface area contributed by atoms with Gasteiger partial charge in [0.1, 0.15) is 5.41 Å². The lowest BCUT2D eigenvalue weighted by molar-refractivity contribution is -0.213. The summed E-state index contributed by atoms with van der Waals surface area (Å²) in [6.45, 7) is 8.50. The molecule has 0 radical (unpaired) electrons. The van der Waals surface area contributed by atoms with Crippen LogP contribution < -0.4 is 9.47 Å². The Morgan fingerprint density at radius 1 is 1.19 bits per heavy atom. The van der Waals surface area contributed by atoms with E-state index in [0.29, 0.717) is 17.9 Å². The molecule has 1 saturated carbocycles. The Hall–Kier alpha value is -1.75. The number of aliphatic hydroxyl groups is 1. The van der Waals surface area contributed by atoms with Crippen LogP contribution in [0.25, 0.3) is 0 Å². The number of carbonyl (C=O) groups excluding carboxylic acids is 1.